The van der Waals surface area contributed by atoms with Crippen LogP contribution in [0.2, 0.25) is 0 Å². The standard InChI is InChI=1S/C29H33FN4O/c1-19-14-21(10-12-31-19)29-25-18-33(13-11-22(25)16-32-29)28(35)15-20-6-7-24-8-9-27(20)34(24)17-23-4-2-3-5-26(23)30/h2-5,10,12,14,20,24,27H,6-9,11,13,15-18H2,1H3/t20-,24-,27-/m0/s1. The van der Waals surface area contributed by atoms with Crippen molar-refractivity contribution in [1.82, 2.24) is 14.8 Å². The maximum absolute atomic E-state index is 14.3. The number of carbonyl (C=O) groups is 1. The van der Waals surface area contributed by atoms with E-state index in [9.17, 15) is 9.18 Å². The van der Waals surface area contributed by atoms with E-state index in [0.717, 1.165) is 67.7 Å². The third-order valence-corrected chi connectivity index (χ3v) is 8.55. The predicted octanol–water partition coefficient (Wildman–Crippen LogP) is 4.69. The van der Waals surface area contributed by atoms with Crippen molar-refractivity contribution in [3.8, 4) is 0 Å². The van der Waals surface area contributed by atoms with Crippen LogP contribution in [0.3, 0.4) is 0 Å². The largest absolute Gasteiger partial charge is 0.338 e. The molecule has 0 spiro atoms. The fourth-order valence-corrected chi connectivity index (χ4v) is 6.70. The Kier molecular flexibility index (Phi) is 6.01. The molecule has 1 aromatic heterocycles. The Balaban J connectivity index is 1.13. The molecular weight excluding hydrogens is 439 g/mol. The van der Waals surface area contributed by atoms with Crippen molar-refractivity contribution in [2.24, 2.45) is 10.9 Å². The monoisotopic (exact) mass is 472 g/mol. The Bertz CT molecular complexity index is 1200. The molecule has 3 atom stereocenters. The van der Waals surface area contributed by atoms with E-state index in [2.05, 4.69) is 20.9 Å². The third-order valence-electron chi connectivity index (χ3n) is 8.55. The van der Waals surface area contributed by atoms with Crippen molar-refractivity contribution < 1.29 is 9.18 Å². The Morgan fingerprint density at radius 3 is 2.86 bits per heavy atom. The van der Waals surface area contributed by atoms with Crippen LogP contribution in [0.4, 0.5) is 4.39 Å². The molecule has 0 unspecified atom stereocenters. The van der Waals surface area contributed by atoms with E-state index < -0.39 is 0 Å². The molecule has 4 aliphatic rings. The van der Waals surface area contributed by atoms with Crippen LogP contribution in [-0.2, 0) is 11.3 Å². The maximum Gasteiger partial charge on any atom is 0.223 e. The fraction of sp³-hybridized carbons (Fsp3) is 0.483. The average molecular weight is 473 g/mol. The van der Waals surface area contributed by atoms with Crippen LogP contribution >= 0.6 is 0 Å². The lowest BCUT2D eigenvalue weighted by Crippen LogP contribution is -2.46. The first kappa shape index (κ1) is 22.6. The van der Waals surface area contributed by atoms with Gasteiger partial charge in [-0.3, -0.25) is 19.7 Å². The van der Waals surface area contributed by atoms with Crippen LogP contribution in [0.1, 0.15) is 55.3 Å². The molecule has 35 heavy (non-hydrogen) atoms. The second-order valence-corrected chi connectivity index (χ2v) is 10.6. The van der Waals surface area contributed by atoms with E-state index in [1.54, 1.807) is 12.1 Å². The topological polar surface area (TPSA) is 48.8 Å². The van der Waals surface area contributed by atoms with E-state index >= 15 is 0 Å². The number of aromatic nitrogens is 1. The fourth-order valence-electron chi connectivity index (χ4n) is 6.70. The van der Waals surface area contributed by atoms with Gasteiger partial charge in [-0.25, -0.2) is 4.39 Å². The number of aryl methyl sites for hydroxylation is 1. The van der Waals surface area contributed by atoms with Gasteiger partial charge in [0.15, 0.2) is 0 Å². The van der Waals surface area contributed by atoms with E-state index in [0.29, 0.717) is 37.5 Å². The average Bonchev–Trinajstić information content (AvgIpc) is 3.40. The molecule has 0 N–H and O–H groups in total. The number of rotatable bonds is 5. The van der Waals surface area contributed by atoms with Crippen molar-refractivity contribution >= 4 is 11.6 Å². The van der Waals surface area contributed by atoms with Crippen LogP contribution in [0, 0.1) is 18.7 Å². The van der Waals surface area contributed by atoms with Crippen LogP contribution in [-0.4, -0.2) is 58.1 Å². The zero-order chi connectivity index (χ0) is 23.9. The van der Waals surface area contributed by atoms with Crippen molar-refractivity contribution in [2.45, 2.75) is 64.1 Å². The van der Waals surface area contributed by atoms with Crippen molar-refractivity contribution in [3.63, 3.8) is 0 Å². The third kappa shape index (κ3) is 4.33. The summed E-state index contributed by atoms with van der Waals surface area (Å²) in [6.45, 7) is 4.85. The molecule has 6 heteroatoms. The Labute approximate surface area is 206 Å². The van der Waals surface area contributed by atoms with Gasteiger partial charge in [-0.15, -0.1) is 0 Å². The first-order chi connectivity index (χ1) is 17.1. The summed E-state index contributed by atoms with van der Waals surface area (Å²) in [6.07, 6.45) is 7.82. The van der Waals surface area contributed by atoms with E-state index in [1.165, 1.54) is 11.1 Å². The molecular formula is C29H33FN4O. The summed E-state index contributed by atoms with van der Waals surface area (Å²) in [5.74, 6) is 0.485. The maximum atomic E-state index is 14.3. The van der Waals surface area contributed by atoms with Gasteiger partial charge in [0.05, 0.1) is 12.3 Å². The van der Waals surface area contributed by atoms with Crippen LogP contribution in [0.15, 0.2) is 58.7 Å². The second-order valence-electron chi connectivity index (χ2n) is 10.6. The number of amides is 1. The van der Waals surface area contributed by atoms with Gasteiger partial charge >= 0.3 is 0 Å². The highest BCUT2D eigenvalue weighted by Gasteiger charge is 2.43. The number of piperidine rings is 1. The quantitative estimate of drug-likeness (QED) is 0.634. The number of hydrogen-bond acceptors (Lipinski definition) is 4. The lowest BCUT2D eigenvalue weighted by Gasteiger charge is -2.41. The van der Waals surface area contributed by atoms with E-state index in [-0.39, 0.29) is 11.7 Å². The Morgan fingerprint density at radius 2 is 2.00 bits per heavy atom. The minimum absolute atomic E-state index is 0.124. The predicted molar refractivity (Wildman–Crippen MR) is 135 cm³/mol. The number of hydrogen-bond donors (Lipinski definition) is 0. The molecule has 0 aliphatic carbocycles. The number of pyridine rings is 1. The summed E-state index contributed by atoms with van der Waals surface area (Å²) in [7, 11) is 0. The van der Waals surface area contributed by atoms with Crippen molar-refractivity contribution in [3.05, 3.63) is 76.4 Å². The molecule has 4 aliphatic heterocycles. The summed E-state index contributed by atoms with van der Waals surface area (Å²) >= 11 is 0. The van der Waals surface area contributed by atoms with Crippen LogP contribution in [0.5, 0.6) is 0 Å². The van der Waals surface area contributed by atoms with Crippen molar-refractivity contribution in [1.29, 1.82) is 0 Å². The van der Waals surface area contributed by atoms with Gasteiger partial charge < -0.3 is 4.90 Å². The summed E-state index contributed by atoms with van der Waals surface area (Å²) in [6, 6.07) is 12.1. The number of benzene rings is 1. The number of carbonyl (C=O) groups excluding carboxylic acids is 1. The number of nitrogens with zero attached hydrogens (tertiary/aromatic N) is 4. The number of halogens is 1. The van der Waals surface area contributed by atoms with Gasteiger partial charge in [-0.1, -0.05) is 18.2 Å². The molecule has 0 radical (unpaired) electrons. The first-order valence-corrected chi connectivity index (χ1v) is 13.0. The minimum Gasteiger partial charge on any atom is -0.338 e. The lowest BCUT2D eigenvalue weighted by atomic mass is 9.86. The summed E-state index contributed by atoms with van der Waals surface area (Å²) in [5.41, 5.74) is 6.51. The van der Waals surface area contributed by atoms with Gasteiger partial charge in [-0.05, 0) is 74.3 Å². The van der Waals surface area contributed by atoms with Crippen molar-refractivity contribution in [2.75, 3.05) is 19.6 Å². The summed E-state index contributed by atoms with van der Waals surface area (Å²) < 4.78 is 14.3. The molecule has 6 rings (SSSR count). The molecule has 2 aromatic rings. The molecule has 1 aromatic carbocycles. The minimum atomic E-state index is -0.124. The SMILES string of the molecule is Cc1cc(C2=NCC3=C2CN(C(=O)C[C@@H]2CC[C@H]4CC[C@@H]2N4Cc2ccccc2F)CC3)ccn1. The smallest absolute Gasteiger partial charge is 0.223 e. The van der Waals surface area contributed by atoms with Gasteiger partial charge in [-0.2, -0.15) is 0 Å². The first-order valence-electron chi connectivity index (χ1n) is 13.0. The highest BCUT2D eigenvalue weighted by molar-refractivity contribution is 6.15. The molecule has 0 saturated carbocycles. The molecule has 2 bridgehead atoms. The van der Waals surface area contributed by atoms with Gasteiger partial charge in [0.25, 0.3) is 0 Å². The van der Waals surface area contributed by atoms with E-state index in [4.69, 9.17) is 4.99 Å². The second kappa shape index (κ2) is 9.30. The lowest BCUT2D eigenvalue weighted by molar-refractivity contribution is -0.133. The van der Waals surface area contributed by atoms with Gasteiger partial charge in [0.1, 0.15) is 5.82 Å². The van der Waals surface area contributed by atoms with Crippen LogP contribution in [0.25, 0.3) is 0 Å². The highest BCUT2D eigenvalue weighted by atomic mass is 19.1. The molecule has 182 valence electrons. The normalized spacial score (nSPS) is 26.2. The van der Waals surface area contributed by atoms with E-state index in [1.807, 2.05) is 31.3 Å². The van der Waals surface area contributed by atoms with Gasteiger partial charge in [0, 0.05) is 61.2 Å². The Morgan fingerprint density at radius 1 is 1.14 bits per heavy atom. The molecule has 1 amide bonds. The van der Waals surface area contributed by atoms with Crippen LogP contribution < -0.4 is 0 Å². The van der Waals surface area contributed by atoms with Gasteiger partial charge in [0.2, 0.25) is 5.91 Å². The molecule has 5 heterocycles. The zero-order valence-electron chi connectivity index (χ0n) is 20.4. The number of fused-ring (bicyclic) bond motifs is 2. The Hall–Kier alpha value is -2.86. The molecule has 2 saturated heterocycles. The number of aliphatic imine (C=N–C) groups is 1. The highest BCUT2D eigenvalue weighted by Crippen LogP contribution is 2.42. The molecule has 5 nitrogen and oxygen atoms in total. The summed E-state index contributed by atoms with van der Waals surface area (Å²) in [5, 5.41) is 0. The summed E-state index contributed by atoms with van der Waals surface area (Å²) in [4.78, 5) is 27.2. The zero-order valence-corrected chi connectivity index (χ0v) is 20.4. The molecule has 2 fully saturated rings.